The molecule has 42 heavy (non-hydrogen) atoms. The average Bonchev–Trinajstić information content (AvgIpc) is 3.40. The third kappa shape index (κ3) is 4.96. The van der Waals surface area contributed by atoms with Crippen LogP contribution in [0.25, 0.3) is 0 Å². The number of imide groups is 1. The number of para-hydroxylation sites is 1. The number of halogens is 4. The lowest BCUT2D eigenvalue weighted by Gasteiger charge is -2.30. The number of thioether (sulfide) groups is 1. The summed E-state index contributed by atoms with van der Waals surface area (Å²) in [6, 6.07) is 14.7. The van der Waals surface area contributed by atoms with Crippen LogP contribution in [0.3, 0.4) is 0 Å². The number of hydrogen-bond donors (Lipinski definition) is 1. The predicted molar refractivity (Wildman–Crippen MR) is 155 cm³/mol. The van der Waals surface area contributed by atoms with E-state index in [1.165, 1.54) is 12.1 Å². The van der Waals surface area contributed by atoms with E-state index in [4.69, 9.17) is 0 Å². The van der Waals surface area contributed by atoms with E-state index >= 15 is 0 Å². The number of carbonyl (C=O) groups is 3. The molecule has 1 saturated heterocycles. The molecule has 0 aliphatic carbocycles. The Hall–Kier alpha value is -3.75. The highest BCUT2D eigenvalue weighted by Crippen LogP contribution is 2.53. The molecule has 6 rings (SSSR count). The molecular weight excluding hydrogens is 657 g/mol. The summed E-state index contributed by atoms with van der Waals surface area (Å²) in [4.78, 5) is 59.0. The van der Waals surface area contributed by atoms with Gasteiger partial charge in [0.15, 0.2) is 0 Å². The van der Waals surface area contributed by atoms with E-state index in [1.54, 1.807) is 48.8 Å². The molecule has 4 heterocycles. The van der Waals surface area contributed by atoms with Crippen molar-refractivity contribution >= 4 is 68.1 Å². The van der Waals surface area contributed by atoms with Gasteiger partial charge in [0.25, 0.3) is 0 Å². The van der Waals surface area contributed by atoms with Crippen LogP contribution in [0.2, 0.25) is 0 Å². The van der Waals surface area contributed by atoms with E-state index in [0.717, 1.165) is 49.2 Å². The number of aromatic nitrogens is 2. The van der Waals surface area contributed by atoms with Gasteiger partial charge in [0.1, 0.15) is 11.8 Å². The topological polar surface area (TPSA) is 101 Å². The number of hydrogen-bond acceptors (Lipinski definition) is 7. The Morgan fingerprint density at radius 1 is 1.00 bits per heavy atom. The molecule has 1 fully saturated rings. The smallest absolute Gasteiger partial charge is 0.324 e. The second-order valence-corrected chi connectivity index (χ2v) is 12.6. The lowest BCUT2D eigenvalue weighted by Crippen LogP contribution is -2.33. The van der Waals surface area contributed by atoms with E-state index in [9.17, 15) is 32.3 Å². The fraction of sp³-hybridized carbons (Fsp3) is 0.179. The first kappa shape index (κ1) is 28.4. The zero-order chi connectivity index (χ0) is 29.8. The maximum Gasteiger partial charge on any atom is 0.418 e. The Labute approximate surface area is 252 Å². The van der Waals surface area contributed by atoms with Crippen molar-refractivity contribution in [3.05, 3.63) is 103 Å². The summed E-state index contributed by atoms with van der Waals surface area (Å²) in [6.45, 7) is -0.584. The molecule has 3 amide bonds. The maximum atomic E-state index is 13.8. The maximum absolute atomic E-state index is 13.8. The van der Waals surface area contributed by atoms with Gasteiger partial charge in [-0.2, -0.15) is 13.2 Å². The minimum Gasteiger partial charge on any atom is -0.324 e. The number of fused-ring (bicyclic) bond motifs is 2. The molecule has 3 atom stereocenters. The Kier molecular flexibility index (Phi) is 7.31. The number of anilines is 2. The van der Waals surface area contributed by atoms with Gasteiger partial charge in [0, 0.05) is 27.7 Å². The van der Waals surface area contributed by atoms with Gasteiger partial charge in [-0.25, -0.2) is 4.90 Å². The lowest BCUT2D eigenvalue weighted by molar-refractivity contribution is -0.137. The first-order valence-corrected chi connectivity index (χ1v) is 14.9. The number of rotatable bonds is 5. The summed E-state index contributed by atoms with van der Waals surface area (Å²) in [5, 5.41) is 1.67. The first-order chi connectivity index (χ1) is 20.0. The molecule has 0 radical (unpaired) electrons. The highest BCUT2D eigenvalue weighted by molar-refractivity contribution is 9.10. The SMILES string of the molecule is O=C(Cn1c2c(sc1=O)C(c1cccnc1)C1C(=O)N(c3ccc(Br)cc3)C(=O)C1S2)Nc1ccccc1C(F)(F)F. The number of nitrogens with one attached hydrogen (secondary N) is 1. The molecule has 0 saturated carbocycles. The molecule has 1 N–H and O–H groups in total. The summed E-state index contributed by atoms with van der Waals surface area (Å²) in [5.41, 5.74) is -0.439. The zero-order valence-corrected chi connectivity index (χ0v) is 24.4. The summed E-state index contributed by atoms with van der Waals surface area (Å²) in [5.74, 6) is -3.29. The molecule has 4 aromatic rings. The van der Waals surface area contributed by atoms with E-state index < -0.39 is 63.7 Å². The Bertz CT molecular complexity index is 1780. The van der Waals surface area contributed by atoms with Gasteiger partial charge in [-0.15, -0.1) is 0 Å². The predicted octanol–water partition coefficient (Wildman–Crippen LogP) is 5.52. The number of thiazole rings is 1. The molecular formula is C28H18BrF3N4O4S2. The Morgan fingerprint density at radius 3 is 2.43 bits per heavy atom. The number of alkyl halides is 3. The van der Waals surface area contributed by atoms with Crippen molar-refractivity contribution in [2.45, 2.75) is 28.9 Å². The summed E-state index contributed by atoms with van der Waals surface area (Å²) in [6.07, 6.45) is -1.57. The van der Waals surface area contributed by atoms with Crippen LogP contribution in [-0.2, 0) is 27.1 Å². The average molecular weight is 676 g/mol. The first-order valence-electron chi connectivity index (χ1n) is 12.4. The second kappa shape index (κ2) is 10.8. The lowest BCUT2D eigenvalue weighted by atomic mass is 9.84. The van der Waals surface area contributed by atoms with Crippen LogP contribution in [0.1, 0.15) is 21.9 Å². The molecule has 0 bridgehead atoms. The number of nitrogens with zero attached hydrogens (tertiary/aromatic N) is 3. The van der Waals surface area contributed by atoms with Crippen LogP contribution in [0.5, 0.6) is 0 Å². The standard InChI is InChI=1S/C28H18BrF3N4O4S2/c29-15-7-9-16(10-8-15)36-24(38)21-20(14-4-3-11-33-12-14)23-26(41-22(21)25(36)39)35(27(40)42-23)13-19(37)34-18-6-2-1-5-17(18)28(30,31)32/h1-12,20-22H,13H2,(H,34,37). The number of pyridine rings is 1. The molecule has 3 unspecified atom stereocenters. The van der Waals surface area contributed by atoms with Crippen molar-refractivity contribution in [3.8, 4) is 0 Å². The van der Waals surface area contributed by atoms with Crippen LogP contribution < -0.4 is 15.1 Å². The van der Waals surface area contributed by atoms with Crippen molar-refractivity contribution in [2.75, 3.05) is 10.2 Å². The van der Waals surface area contributed by atoms with Crippen molar-refractivity contribution in [3.63, 3.8) is 0 Å². The number of carbonyl (C=O) groups excluding carboxylic acids is 3. The normalized spacial score (nSPS) is 19.9. The summed E-state index contributed by atoms with van der Waals surface area (Å²) >= 11 is 5.20. The van der Waals surface area contributed by atoms with Crippen LogP contribution in [0.4, 0.5) is 24.5 Å². The fourth-order valence-electron chi connectivity index (χ4n) is 5.19. The monoisotopic (exact) mass is 674 g/mol. The van der Waals surface area contributed by atoms with Gasteiger partial charge in [-0.05, 0) is 48.0 Å². The van der Waals surface area contributed by atoms with Gasteiger partial charge in [-0.3, -0.25) is 28.7 Å². The van der Waals surface area contributed by atoms with Gasteiger partial charge in [0.05, 0.1) is 27.9 Å². The number of amides is 3. The Morgan fingerprint density at radius 2 is 1.74 bits per heavy atom. The van der Waals surface area contributed by atoms with Gasteiger partial charge >= 0.3 is 11.0 Å². The molecule has 2 aliphatic heterocycles. The molecule has 2 aliphatic rings. The third-order valence-corrected chi connectivity index (χ3v) is 10.1. The third-order valence-electron chi connectivity index (χ3n) is 6.99. The van der Waals surface area contributed by atoms with Crippen LogP contribution >= 0.6 is 39.0 Å². The Balaban J connectivity index is 1.38. The highest BCUT2D eigenvalue weighted by atomic mass is 79.9. The van der Waals surface area contributed by atoms with Crippen molar-refractivity contribution in [1.82, 2.24) is 9.55 Å². The summed E-state index contributed by atoms with van der Waals surface area (Å²) in [7, 11) is 0. The van der Waals surface area contributed by atoms with E-state index in [2.05, 4.69) is 26.2 Å². The molecule has 2 aromatic carbocycles. The minimum absolute atomic E-state index is 0.318. The second-order valence-electron chi connectivity index (χ2n) is 9.53. The molecule has 14 heteroatoms. The highest BCUT2D eigenvalue weighted by Gasteiger charge is 2.57. The minimum atomic E-state index is -4.69. The number of benzene rings is 2. The molecule has 214 valence electrons. The van der Waals surface area contributed by atoms with E-state index in [-0.39, 0.29) is 0 Å². The largest absolute Gasteiger partial charge is 0.418 e. The van der Waals surface area contributed by atoms with E-state index in [0.29, 0.717) is 21.2 Å². The van der Waals surface area contributed by atoms with Gasteiger partial charge < -0.3 is 5.32 Å². The fourth-order valence-corrected chi connectivity index (χ4v) is 8.23. The molecule has 8 nitrogen and oxygen atoms in total. The quantitative estimate of drug-likeness (QED) is 0.280. The van der Waals surface area contributed by atoms with Crippen molar-refractivity contribution < 1.29 is 27.6 Å². The van der Waals surface area contributed by atoms with Gasteiger partial charge in [-0.1, -0.05) is 57.2 Å². The van der Waals surface area contributed by atoms with Crippen LogP contribution in [0.15, 0.2) is 87.4 Å². The van der Waals surface area contributed by atoms with E-state index in [1.807, 2.05) is 0 Å². The zero-order valence-electron chi connectivity index (χ0n) is 21.2. The van der Waals surface area contributed by atoms with Gasteiger partial charge in [0.2, 0.25) is 17.7 Å². The van der Waals surface area contributed by atoms with Crippen LogP contribution in [0, 0.1) is 5.92 Å². The summed E-state index contributed by atoms with van der Waals surface area (Å²) < 4.78 is 42.3. The molecule has 0 spiro atoms. The molecule has 2 aromatic heterocycles. The van der Waals surface area contributed by atoms with Crippen LogP contribution in [-0.4, -0.2) is 32.5 Å². The van der Waals surface area contributed by atoms with Crippen molar-refractivity contribution in [1.29, 1.82) is 0 Å². The van der Waals surface area contributed by atoms with Crippen molar-refractivity contribution in [2.24, 2.45) is 5.92 Å².